The van der Waals surface area contributed by atoms with Crippen LogP contribution in [0.25, 0.3) is 11.3 Å². The average molecular weight is 437 g/mol. The van der Waals surface area contributed by atoms with Crippen LogP contribution in [0.4, 0.5) is 13.2 Å². The van der Waals surface area contributed by atoms with E-state index in [0.29, 0.717) is 6.42 Å². The Bertz CT molecular complexity index is 998. The van der Waals surface area contributed by atoms with E-state index in [2.05, 4.69) is 10.3 Å². The molecular formula is C20H18F3N3O3S. The maximum Gasteiger partial charge on any atom is 0.194 e. The van der Waals surface area contributed by atoms with Crippen molar-refractivity contribution in [1.29, 1.82) is 0 Å². The zero-order valence-electron chi connectivity index (χ0n) is 15.5. The van der Waals surface area contributed by atoms with Crippen LogP contribution in [0.5, 0.6) is 0 Å². The Kier molecular flexibility index (Phi) is 6.09. The van der Waals surface area contributed by atoms with E-state index < -0.39 is 35.7 Å². The Morgan fingerprint density at radius 3 is 2.50 bits per heavy atom. The zero-order chi connectivity index (χ0) is 21.3. The zero-order valence-corrected chi connectivity index (χ0v) is 16.3. The lowest BCUT2D eigenvalue weighted by molar-refractivity contribution is -0.130. The van der Waals surface area contributed by atoms with E-state index in [1.54, 1.807) is 0 Å². The molecule has 1 aliphatic rings. The van der Waals surface area contributed by atoms with Gasteiger partial charge in [0.2, 0.25) is 0 Å². The lowest BCUT2D eigenvalue weighted by atomic mass is 10.00. The van der Waals surface area contributed by atoms with Crippen LogP contribution in [0.2, 0.25) is 0 Å². The molecule has 0 bridgehead atoms. The third kappa shape index (κ3) is 4.22. The number of hydrogen-bond acceptors (Lipinski definition) is 6. The minimum Gasteiger partial charge on any atom is -0.394 e. The van der Waals surface area contributed by atoms with Crippen LogP contribution in [0.15, 0.2) is 53.6 Å². The van der Waals surface area contributed by atoms with Crippen molar-refractivity contribution in [3.8, 4) is 11.3 Å². The van der Waals surface area contributed by atoms with Gasteiger partial charge in [-0.3, -0.25) is 0 Å². The van der Waals surface area contributed by atoms with Crippen LogP contribution in [0.3, 0.4) is 0 Å². The number of aliphatic hydroxyl groups is 2. The SMILES string of the molecule is OCC1O[C@H](Sc2ccccc2)CC(n2cc(-c3cc(F)c(F)c(F)c3)nn2)[C@@H]1O. The quantitative estimate of drug-likeness (QED) is 0.597. The number of thioether (sulfide) groups is 1. The first-order valence-electron chi connectivity index (χ1n) is 9.19. The summed E-state index contributed by atoms with van der Waals surface area (Å²) >= 11 is 1.45. The van der Waals surface area contributed by atoms with Gasteiger partial charge in [0, 0.05) is 16.9 Å². The predicted octanol–water partition coefficient (Wildman–Crippen LogP) is 3.16. The lowest BCUT2D eigenvalue weighted by Gasteiger charge is -2.38. The summed E-state index contributed by atoms with van der Waals surface area (Å²) in [5.74, 6) is -4.21. The van der Waals surface area contributed by atoms with Crippen molar-refractivity contribution in [2.24, 2.45) is 0 Å². The first kappa shape index (κ1) is 20.9. The monoisotopic (exact) mass is 437 g/mol. The van der Waals surface area contributed by atoms with Crippen molar-refractivity contribution in [2.75, 3.05) is 6.61 Å². The van der Waals surface area contributed by atoms with Gasteiger partial charge in [0.1, 0.15) is 23.3 Å². The molecule has 158 valence electrons. The summed E-state index contributed by atoms with van der Waals surface area (Å²) in [6, 6.07) is 10.6. The standard InChI is InChI=1S/C20H18F3N3O3S/c21-13-6-11(7-14(22)19(13)23)15-9-26(25-24-15)16-8-18(29-17(10-27)20(16)28)30-12-4-2-1-3-5-12/h1-7,9,16-18,20,27-28H,8,10H2/t16?,17?,18-,20+/m1/s1. The molecule has 0 radical (unpaired) electrons. The highest BCUT2D eigenvalue weighted by atomic mass is 32.2. The van der Waals surface area contributed by atoms with Crippen molar-refractivity contribution in [1.82, 2.24) is 15.0 Å². The first-order chi connectivity index (χ1) is 14.5. The van der Waals surface area contributed by atoms with Gasteiger partial charge >= 0.3 is 0 Å². The highest BCUT2D eigenvalue weighted by Crippen LogP contribution is 2.37. The molecule has 0 aliphatic carbocycles. The summed E-state index contributed by atoms with van der Waals surface area (Å²) < 4.78 is 47.5. The third-order valence-electron chi connectivity index (χ3n) is 4.86. The molecular weight excluding hydrogens is 419 g/mol. The van der Waals surface area contributed by atoms with E-state index in [9.17, 15) is 23.4 Å². The van der Waals surface area contributed by atoms with E-state index in [0.717, 1.165) is 17.0 Å². The normalized spacial score (nSPS) is 24.2. The fraction of sp³-hybridized carbons (Fsp3) is 0.300. The Hall–Kier alpha value is -2.40. The Balaban J connectivity index is 1.58. The first-order valence-corrected chi connectivity index (χ1v) is 10.1. The number of aliphatic hydroxyl groups excluding tert-OH is 2. The van der Waals surface area contributed by atoms with Crippen molar-refractivity contribution >= 4 is 11.8 Å². The minimum atomic E-state index is -1.56. The summed E-state index contributed by atoms with van der Waals surface area (Å²) in [4.78, 5) is 0.964. The Morgan fingerprint density at radius 2 is 1.83 bits per heavy atom. The average Bonchev–Trinajstić information content (AvgIpc) is 3.23. The molecule has 10 heteroatoms. The fourth-order valence-electron chi connectivity index (χ4n) is 3.33. The molecule has 1 aromatic heterocycles. The van der Waals surface area contributed by atoms with Gasteiger partial charge in [-0.1, -0.05) is 35.2 Å². The molecule has 0 amide bonds. The second-order valence-electron chi connectivity index (χ2n) is 6.85. The summed E-state index contributed by atoms with van der Waals surface area (Å²) in [6.45, 7) is -0.389. The van der Waals surface area contributed by atoms with E-state index in [1.165, 1.54) is 22.6 Å². The van der Waals surface area contributed by atoms with E-state index in [1.807, 2.05) is 30.3 Å². The van der Waals surface area contributed by atoms with Gasteiger partial charge in [-0.15, -0.1) is 5.10 Å². The van der Waals surface area contributed by atoms with Gasteiger partial charge in [0.15, 0.2) is 17.5 Å². The highest BCUT2D eigenvalue weighted by Gasteiger charge is 2.39. The van der Waals surface area contributed by atoms with Crippen molar-refractivity contribution in [3.63, 3.8) is 0 Å². The van der Waals surface area contributed by atoms with Gasteiger partial charge in [-0.25, -0.2) is 17.9 Å². The van der Waals surface area contributed by atoms with Crippen LogP contribution in [0, 0.1) is 17.5 Å². The maximum atomic E-state index is 13.5. The van der Waals surface area contributed by atoms with E-state index in [-0.39, 0.29) is 23.3 Å². The van der Waals surface area contributed by atoms with Crippen molar-refractivity contribution < 1.29 is 28.1 Å². The summed E-state index contributed by atoms with van der Waals surface area (Å²) in [6.07, 6.45) is -0.131. The predicted molar refractivity (Wildman–Crippen MR) is 103 cm³/mol. The number of ether oxygens (including phenoxy) is 1. The highest BCUT2D eigenvalue weighted by molar-refractivity contribution is 7.99. The molecule has 0 saturated carbocycles. The largest absolute Gasteiger partial charge is 0.394 e. The van der Waals surface area contributed by atoms with Gasteiger partial charge < -0.3 is 14.9 Å². The lowest BCUT2D eigenvalue weighted by Crippen LogP contribution is -2.47. The Morgan fingerprint density at radius 1 is 1.13 bits per heavy atom. The molecule has 0 spiro atoms. The van der Waals surface area contributed by atoms with Gasteiger partial charge in [0.05, 0.1) is 18.8 Å². The second-order valence-corrected chi connectivity index (χ2v) is 8.08. The van der Waals surface area contributed by atoms with Crippen LogP contribution < -0.4 is 0 Å². The number of aromatic nitrogens is 3. The van der Waals surface area contributed by atoms with E-state index in [4.69, 9.17) is 4.74 Å². The molecule has 1 aliphatic heterocycles. The summed E-state index contributed by atoms with van der Waals surface area (Å²) in [5.41, 5.74) is -0.223. The molecule has 1 fully saturated rings. The molecule has 6 nitrogen and oxygen atoms in total. The molecule has 30 heavy (non-hydrogen) atoms. The minimum absolute atomic E-state index is 0.0214. The topological polar surface area (TPSA) is 80.4 Å². The molecule has 4 rings (SSSR count). The van der Waals surface area contributed by atoms with Crippen LogP contribution in [-0.2, 0) is 4.74 Å². The van der Waals surface area contributed by atoms with Crippen LogP contribution >= 0.6 is 11.8 Å². The smallest absolute Gasteiger partial charge is 0.194 e. The number of rotatable bonds is 5. The maximum absolute atomic E-state index is 13.5. The van der Waals surface area contributed by atoms with Gasteiger partial charge in [-0.05, 0) is 24.3 Å². The second kappa shape index (κ2) is 8.76. The fourth-order valence-corrected chi connectivity index (χ4v) is 4.44. The van der Waals surface area contributed by atoms with Crippen LogP contribution in [-0.4, -0.2) is 49.5 Å². The molecule has 2 heterocycles. The van der Waals surface area contributed by atoms with E-state index >= 15 is 0 Å². The molecule has 4 atom stereocenters. The van der Waals surface area contributed by atoms with Crippen molar-refractivity contribution in [2.45, 2.75) is 35.0 Å². The van der Waals surface area contributed by atoms with Gasteiger partial charge in [0.25, 0.3) is 0 Å². The van der Waals surface area contributed by atoms with Crippen molar-refractivity contribution in [3.05, 3.63) is 66.1 Å². The van der Waals surface area contributed by atoms with Crippen LogP contribution in [0.1, 0.15) is 12.5 Å². The number of halogens is 3. The third-order valence-corrected chi connectivity index (χ3v) is 5.97. The van der Waals surface area contributed by atoms with Gasteiger partial charge in [-0.2, -0.15) is 0 Å². The number of benzene rings is 2. The molecule has 3 aromatic rings. The molecule has 2 aromatic carbocycles. The molecule has 2 N–H and O–H groups in total. The number of nitrogens with zero attached hydrogens (tertiary/aromatic N) is 3. The Labute approximate surface area is 174 Å². The summed E-state index contributed by atoms with van der Waals surface area (Å²) in [5, 5.41) is 28.1. The number of hydrogen-bond donors (Lipinski definition) is 2. The molecule has 1 saturated heterocycles. The summed E-state index contributed by atoms with van der Waals surface area (Å²) in [7, 11) is 0. The molecule has 2 unspecified atom stereocenters.